The van der Waals surface area contributed by atoms with E-state index in [9.17, 15) is 4.79 Å². The molecule has 94 valence electrons. The molecule has 0 radical (unpaired) electrons. The maximum atomic E-state index is 11.3. The minimum Gasteiger partial charge on any atom is -0.490 e. The molecule has 5 heteroatoms. The second-order valence-corrected chi connectivity index (χ2v) is 3.90. The summed E-state index contributed by atoms with van der Waals surface area (Å²) in [5.74, 6) is 0.109. The standard InChI is InChI=1S/C12H18N2O3/c1-14(2)6-7-17-11-8-9(12(15)16-3)4-5-10(11)13/h4-5,8H,6-7,13H2,1-3H3. The van der Waals surface area contributed by atoms with E-state index in [0.717, 1.165) is 6.54 Å². The van der Waals surface area contributed by atoms with Crippen molar-refractivity contribution in [3.8, 4) is 5.75 Å². The smallest absolute Gasteiger partial charge is 0.337 e. The van der Waals surface area contributed by atoms with Gasteiger partial charge in [0.15, 0.2) is 0 Å². The van der Waals surface area contributed by atoms with Crippen molar-refractivity contribution in [3.63, 3.8) is 0 Å². The van der Waals surface area contributed by atoms with Crippen LogP contribution in [0.5, 0.6) is 5.75 Å². The Hall–Kier alpha value is -1.75. The fraction of sp³-hybridized carbons (Fsp3) is 0.417. The molecule has 1 aromatic carbocycles. The fourth-order valence-corrected chi connectivity index (χ4v) is 1.24. The minimum atomic E-state index is -0.401. The maximum Gasteiger partial charge on any atom is 0.337 e. The average Bonchev–Trinajstić information content (AvgIpc) is 2.30. The lowest BCUT2D eigenvalue weighted by atomic mass is 10.2. The lowest BCUT2D eigenvalue weighted by Gasteiger charge is -2.13. The zero-order valence-corrected chi connectivity index (χ0v) is 10.4. The Morgan fingerprint density at radius 1 is 1.41 bits per heavy atom. The first-order valence-corrected chi connectivity index (χ1v) is 5.30. The van der Waals surface area contributed by atoms with Crippen LogP contribution in [0, 0.1) is 0 Å². The van der Waals surface area contributed by atoms with Crippen LogP contribution in [0.15, 0.2) is 18.2 Å². The van der Waals surface area contributed by atoms with Crippen molar-refractivity contribution < 1.29 is 14.3 Å². The Morgan fingerprint density at radius 3 is 2.71 bits per heavy atom. The number of carbonyl (C=O) groups excluding carboxylic acids is 1. The molecule has 0 aliphatic heterocycles. The number of ether oxygens (including phenoxy) is 2. The normalized spacial score (nSPS) is 10.4. The number of nitrogens with two attached hydrogens (primary N) is 1. The van der Waals surface area contributed by atoms with Crippen LogP contribution in [0.4, 0.5) is 5.69 Å². The molecule has 0 spiro atoms. The molecule has 0 aliphatic rings. The van der Waals surface area contributed by atoms with Gasteiger partial charge in [-0.2, -0.15) is 0 Å². The number of anilines is 1. The highest BCUT2D eigenvalue weighted by Gasteiger charge is 2.09. The molecule has 1 aromatic rings. The number of nitrogen functional groups attached to an aromatic ring is 1. The topological polar surface area (TPSA) is 64.8 Å². The van der Waals surface area contributed by atoms with Crippen LogP contribution in [0.25, 0.3) is 0 Å². The van der Waals surface area contributed by atoms with E-state index in [1.807, 2.05) is 19.0 Å². The lowest BCUT2D eigenvalue weighted by Crippen LogP contribution is -2.19. The highest BCUT2D eigenvalue weighted by Crippen LogP contribution is 2.23. The van der Waals surface area contributed by atoms with E-state index < -0.39 is 5.97 Å². The summed E-state index contributed by atoms with van der Waals surface area (Å²) in [6.45, 7) is 1.30. The monoisotopic (exact) mass is 238 g/mol. The summed E-state index contributed by atoms with van der Waals surface area (Å²) >= 11 is 0. The number of benzene rings is 1. The molecule has 0 amide bonds. The van der Waals surface area contributed by atoms with Crippen molar-refractivity contribution in [3.05, 3.63) is 23.8 Å². The highest BCUT2D eigenvalue weighted by molar-refractivity contribution is 5.90. The van der Waals surface area contributed by atoms with Gasteiger partial charge in [-0.3, -0.25) is 0 Å². The van der Waals surface area contributed by atoms with Gasteiger partial charge in [-0.05, 0) is 32.3 Å². The first-order chi connectivity index (χ1) is 8.04. The molecule has 17 heavy (non-hydrogen) atoms. The van der Waals surface area contributed by atoms with Crippen LogP contribution in [0.3, 0.4) is 0 Å². The Bertz CT molecular complexity index is 391. The van der Waals surface area contributed by atoms with E-state index in [2.05, 4.69) is 4.74 Å². The van der Waals surface area contributed by atoms with Crippen LogP contribution in [0.2, 0.25) is 0 Å². The molecule has 1 rings (SSSR count). The van der Waals surface area contributed by atoms with Crippen molar-refractivity contribution in [1.29, 1.82) is 0 Å². The fourth-order valence-electron chi connectivity index (χ4n) is 1.24. The van der Waals surface area contributed by atoms with E-state index >= 15 is 0 Å². The molecule has 5 nitrogen and oxygen atoms in total. The van der Waals surface area contributed by atoms with Crippen LogP contribution in [0.1, 0.15) is 10.4 Å². The quantitative estimate of drug-likeness (QED) is 0.612. The van der Waals surface area contributed by atoms with Crippen LogP contribution >= 0.6 is 0 Å². The number of carbonyl (C=O) groups is 1. The summed E-state index contributed by atoms with van der Waals surface area (Å²) in [5, 5.41) is 0. The van der Waals surface area contributed by atoms with Crippen LogP contribution in [-0.4, -0.2) is 45.2 Å². The third-order valence-corrected chi connectivity index (χ3v) is 2.23. The third kappa shape index (κ3) is 3.96. The second-order valence-electron chi connectivity index (χ2n) is 3.90. The highest BCUT2D eigenvalue weighted by atomic mass is 16.5. The molecule has 0 aliphatic carbocycles. The van der Waals surface area contributed by atoms with Gasteiger partial charge in [0.05, 0.1) is 18.4 Å². The Morgan fingerprint density at radius 2 is 2.12 bits per heavy atom. The average molecular weight is 238 g/mol. The number of likely N-dealkylation sites (N-methyl/N-ethyl adjacent to an activating group) is 1. The molecule has 2 N–H and O–H groups in total. The molecule has 0 heterocycles. The molecule has 0 atom stereocenters. The number of hydrogen-bond donors (Lipinski definition) is 1. The van der Waals surface area contributed by atoms with Gasteiger partial charge >= 0.3 is 5.97 Å². The van der Waals surface area contributed by atoms with Gasteiger partial charge in [0.1, 0.15) is 12.4 Å². The largest absolute Gasteiger partial charge is 0.490 e. The van der Waals surface area contributed by atoms with Gasteiger partial charge in [0.2, 0.25) is 0 Å². The molecule has 0 aromatic heterocycles. The zero-order valence-electron chi connectivity index (χ0n) is 10.4. The number of methoxy groups -OCH3 is 1. The minimum absolute atomic E-state index is 0.401. The summed E-state index contributed by atoms with van der Waals surface area (Å²) in [6.07, 6.45) is 0. The van der Waals surface area contributed by atoms with Gasteiger partial charge in [0, 0.05) is 6.54 Å². The van der Waals surface area contributed by atoms with E-state index in [4.69, 9.17) is 10.5 Å². The van der Waals surface area contributed by atoms with E-state index in [-0.39, 0.29) is 0 Å². The predicted octanol–water partition coefficient (Wildman–Crippen LogP) is 0.996. The number of esters is 1. The number of hydrogen-bond acceptors (Lipinski definition) is 5. The molecule has 0 fully saturated rings. The predicted molar refractivity (Wildman–Crippen MR) is 66.2 cm³/mol. The Labute approximate surface area is 101 Å². The van der Waals surface area contributed by atoms with Gasteiger partial charge in [0.25, 0.3) is 0 Å². The van der Waals surface area contributed by atoms with Crippen molar-refractivity contribution in [2.45, 2.75) is 0 Å². The summed E-state index contributed by atoms with van der Waals surface area (Å²) in [5.41, 5.74) is 6.70. The molecular weight excluding hydrogens is 220 g/mol. The zero-order chi connectivity index (χ0) is 12.8. The molecular formula is C12H18N2O3. The van der Waals surface area contributed by atoms with E-state index in [0.29, 0.717) is 23.6 Å². The first-order valence-electron chi connectivity index (χ1n) is 5.30. The molecule has 0 saturated heterocycles. The maximum absolute atomic E-state index is 11.3. The van der Waals surface area contributed by atoms with Gasteiger partial charge < -0.3 is 20.1 Å². The van der Waals surface area contributed by atoms with Crippen molar-refractivity contribution in [2.75, 3.05) is 40.1 Å². The van der Waals surface area contributed by atoms with Gasteiger partial charge in [-0.25, -0.2) is 4.79 Å². The second kappa shape index (κ2) is 6.10. The molecule has 0 saturated carbocycles. The molecule has 0 unspecified atom stereocenters. The number of rotatable bonds is 5. The van der Waals surface area contributed by atoms with Crippen molar-refractivity contribution in [1.82, 2.24) is 4.90 Å². The van der Waals surface area contributed by atoms with Crippen LogP contribution in [-0.2, 0) is 4.74 Å². The van der Waals surface area contributed by atoms with Gasteiger partial charge in [-0.15, -0.1) is 0 Å². The van der Waals surface area contributed by atoms with E-state index in [1.54, 1.807) is 18.2 Å². The van der Waals surface area contributed by atoms with Crippen molar-refractivity contribution in [2.24, 2.45) is 0 Å². The SMILES string of the molecule is COC(=O)c1ccc(N)c(OCCN(C)C)c1. The summed E-state index contributed by atoms with van der Waals surface area (Å²) in [7, 11) is 5.25. The lowest BCUT2D eigenvalue weighted by molar-refractivity contribution is 0.0600. The van der Waals surface area contributed by atoms with Crippen molar-refractivity contribution >= 4 is 11.7 Å². The number of nitrogens with zero attached hydrogens (tertiary/aromatic N) is 1. The van der Waals surface area contributed by atoms with Gasteiger partial charge in [-0.1, -0.05) is 0 Å². The van der Waals surface area contributed by atoms with E-state index in [1.165, 1.54) is 7.11 Å². The molecule has 0 bridgehead atoms. The summed E-state index contributed by atoms with van der Waals surface area (Å²) in [4.78, 5) is 13.3. The summed E-state index contributed by atoms with van der Waals surface area (Å²) in [6, 6.07) is 4.84. The first kappa shape index (κ1) is 13.3. The Balaban J connectivity index is 2.73. The van der Waals surface area contributed by atoms with Crippen LogP contribution < -0.4 is 10.5 Å². The Kier molecular flexibility index (Phi) is 4.78. The third-order valence-electron chi connectivity index (χ3n) is 2.23. The summed E-state index contributed by atoms with van der Waals surface area (Å²) < 4.78 is 10.1.